The maximum atomic E-state index is 4.68. The molecule has 0 saturated carbocycles. The quantitative estimate of drug-likeness (QED) is 0.272. The van der Waals surface area contributed by atoms with Crippen LogP contribution in [0.5, 0.6) is 0 Å². The molecule has 0 atom stereocenters. The molecule has 0 aliphatic rings. The first-order valence-electron chi connectivity index (χ1n) is 1.92. The van der Waals surface area contributed by atoms with Gasteiger partial charge in [0, 0.05) is 0 Å². The van der Waals surface area contributed by atoms with Gasteiger partial charge >= 0.3 is 189 Å². The van der Waals surface area contributed by atoms with Crippen LogP contribution < -0.4 is 0 Å². The first kappa shape index (κ1) is 32.5. The van der Waals surface area contributed by atoms with Gasteiger partial charge in [-0.25, -0.2) is 0 Å². The van der Waals surface area contributed by atoms with E-state index in [0.29, 0.717) is 6.61 Å². The second kappa shape index (κ2) is 60.4. The molecule has 0 aliphatic carbocycles. The van der Waals surface area contributed by atoms with Crippen molar-refractivity contribution in [3.63, 3.8) is 0 Å². The van der Waals surface area contributed by atoms with Gasteiger partial charge in [0.1, 0.15) is 0 Å². The standard InChI is InChI=1S/C3H2O.10W/c1-3-4-2;;;;;;;;;;/h3H2;;;;;;;;;;/q-2;;;;;;;;;;. The molecule has 0 aromatic heterocycles. The summed E-state index contributed by atoms with van der Waals surface area (Å²) in [4.78, 5) is 0. The van der Waals surface area contributed by atoms with Crippen molar-refractivity contribution >= 4 is 8.99 Å². The van der Waals surface area contributed by atoms with Gasteiger partial charge in [-0.15, -0.1) is 0 Å². The van der Waals surface area contributed by atoms with Gasteiger partial charge in [0.2, 0.25) is 0 Å². The Labute approximate surface area is 183 Å². The van der Waals surface area contributed by atoms with E-state index in [2.05, 4.69) is 13.7 Å². The molecule has 0 fully saturated rings. The molecule has 0 aromatic carbocycles. The summed E-state index contributed by atoms with van der Waals surface area (Å²) in [5, 5.41) is 0. The summed E-state index contributed by atoms with van der Waals surface area (Å²) in [5.74, 6) is 0. The van der Waals surface area contributed by atoms with Crippen LogP contribution >= 0.6 is 0 Å². The van der Waals surface area contributed by atoms with E-state index < -0.39 is 0 Å². The molecule has 0 spiro atoms. The van der Waals surface area contributed by atoms with Crippen LogP contribution in [-0.2, 0) is 173 Å². The van der Waals surface area contributed by atoms with Gasteiger partial charge < -0.3 is 0 Å². The molecule has 1 nitrogen and oxygen atoms in total. The van der Waals surface area contributed by atoms with E-state index >= 15 is 0 Å². The number of rotatable bonds is 3. The Bertz CT molecular complexity index is 81.4. The molecule has 0 N–H and O–H groups in total. The van der Waals surface area contributed by atoms with Crippen molar-refractivity contribution < 1.29 is 173 Å². The van der Waals surface area contributed by atoms with Gasteiger partial charge in [-0.05, 0) is 0 Å². The first-order chi connectivity index (χ1) is 6.91. The van der Waals surface area contributed by atoms with Gasteiger partial charge in [-0.3, -0.25) is 0 Å². The summed E-state index contributed by atoms with van der Waals surface area (Å²) in [6, 6.07) is 0. The van der Waals surface area contributed by atoms with Crippen molar-refractivity contribution in [2.75, 3.05) is 6.61 Å². The van der Waals surface area contributed by atoms with E-state index in [0.717, 1.165) is 0 Å². The molecule has 0 aliphatic heterocycles. The van der Waals surface area contributed by atoms with E-state index in [1.54, 1.807) is 130 Å². The molecule has 0 saturated heterocycles. The van der Waals surface area contributed by atoms with Crippen LogP contribution in [-0.4, -0.2) is 15.6 Å². The van der Waals surface area contributed by atoms with Crippen LogP contribution in [0.4, 0.5) is 0 Å². The molecule has 14 heavy (non-hydrogen) atoms. The predicted octanol–water partition coefficient (Wildman–Crippen LogP) is -0.607. The van der Waals surface area contributed by atoms with Gasteiger partial charge in [-0.1, -0.05) is 0 Å². The Morgan fingerprint density at radius 3 is 1.07 bits per heavy atom. The second-order valence-corrected chi connectivity index (χ2v) is 2.15. The third-order valence-corrected chi connectivity index (χ3v) is 1.04. The molecule has 0 amide bonds. The zero-order valence-corrected chi connectivity index (χ0v) is 35.5. The van der Waals surface area contributed by atoms with Gasteiger partial charge in [-0.2, -0.15) is 0 Å². The van der Waals surface area contributed by atoms with Crippen molar-refractivity contribution in [1.82, 2.24) is 0 Å². The van der Waals surface area contributed by atoms with Crippen LogP contribution in [0, 0.1) is 0 Å². The monoisotopic (exact) mass is 1890 g/mol. The van der Waals surface area contributed by atoms with Crippen molar-refractivity contribution in [3.05, 3.63) is 0 Å². The summed E-state index contributed by atoms with van der Waals surface area (Å²) in [7, 11) is 0. The average Bonchev–Trinajstić information content (AvgIpc) is 2.36. The number of ether oxygens (including phenoxy) is 1. The fraction of sp³-hybridized carbons (Fsp3) is 0.333. The molecule has 11 heteroatoms. The molecule has 0 rings (SSSR count). The fourth-order valence-corrected chi connectivity index (χ4v) is 0.482. The number of hydrogen-bond donors (Lipinski definition) is 0. The summed E-state index contributed by atoms with van der Waals surface area (Å²) in [6.07, 6.45) is 0. The van der Waals surface area contributed by atoms with Crippen LogP contribution in [0.15, 0.2) is 0 Å². The predicted molar refractivity (Wildman–Crippen MR) is 16.0 cm³/mol. The SMILES string of the molecule is [W]=[C-]CO[C-]=[W].[W]=[W].[W]=[W].[W]=[W].[W]=[W]. The van der Waals surface area contributed by atoms with Crippen LogP contribution in [0.1, 0.15) is 0 Å². The Hall–Kier alpha value is 6.58. The van der Waals surface area contributed by atoms with Crippen LogP contribution in [0.3, 0.4) is 0 Å². The molecular formula is C3H2OW10-2. The van der Waals surface area contributed by atoms with Crippen molar-refractivity contribution in [3.8, 4) is 0 Å². The zero-order valence-electron chi connectivity index (χ0n) is 6.20. The van der Waals surface area contributed by atoms with Crippen LogP contribution in [0.2, 0.25) is 0 Å². The molecule has 82 valence electrons. The zero-order chi connectivity index (χ0) is 12.8. The first-order valence-corrected chi connectivity index (χ1v) is 48.9. The molecule has 0 aromatic rings. The van der Waals surface area contributed by atoms with Crippen molar-refractivity contribution in [2.24, 2.45) is 0 Å². The maximum absolute atomic E-state index is 4.68. The minimum atomic E-state index is 0.610. The molecule has 0 radical (unpaired) electrons. The Balaban J connectivity index is -0.0000000287. The van der Waals surface area contributed by atoms with E-state index in [-0.39, 0.29) is 0 Å². The molecular weight excluding hydrogens is 1890 g/mol. The van der Waals surface area contributed by atoms with Crippen molar-refractivity contribution in [1.29, 1.82) is 0 Å². The summed E-state index contributed by atoms with van der Waals surface area (Å²) in [5.41, 5.74) is 0. The van der Waals surface area contributed by atoms with Gasteiger partial charge in [0.05, 0.1) is 0 Å². The third kappa shape index (κ3) is 62.6. The van der Waals surface area contributed by atoms with Gasteiger partial charge in [0.15, 0.2) is 0 Å². The molecule has 0 heterocycles. The second-order valence-electron chi connectivity index (χ2n) is 0.516. The number of hydrogen-bond acceptors (Lipinski definition) is 1. The van der Waals surface area contributed by atoms with E-state index in [9.17, 15) is 0 Å². The van der Waals surface area contributed by atoms with E-state index in [1.165, 1.54) is 38.7 Å². The summed E-state index contributed by atoms with van der Waals surface area (Å²) < 4.78 is 10.2. The van der Waals surface area contributed by atoms with Crippen LogP contribution in [0.25, 0.3) is 0 Å². The Kier molecular flexibility index (Phi) is 140. The molecule has 0 unspecified atom stereocenters. The summed E-state index contributed by atoms with van der Waals surface area (Å²) >= 11 is 15.9. The Morgan fingerprint density at radius 1 is 0.714 bits per heavy atom. The van der Waals surface area contributed by atoms with E-state index in [4.69, 9.17) is 0 Å². The summed E-state index contributed by atoms with van der Waals surface area (Å²) in [6.45, 7) is 0.610. The Morgan fingerprint density at radius 2 is 1.00 bits per heavy atom. The van der Waals surface area contributed by atoms with E-state index in [1.807, 2.05) is 0 Å². The third-order valence-electron chi connectivity index (χ3n) is 0.190. The van der Waals surface area contributed by atoms with Gasteiger partial charge in [0.25, 0.3) is 0 Å². The fourth-order valence-electron chi connectivity index (χ4n) is 0.0589. The molecule has 0 bridgehead atoms. The topological polar surface area (TPSA) is 9.23 Å². The minimum absolute atomic E-state index is 0.610. The normalized spacial score (nSPS) is 4.29. The average molecular weight is 1890 g/mol. The van der Waals surface area contributed by atoms with Crippen molar-refractivity contribution in [2.45, 2.75) is 0 Å².